The van der Waals surface area contributed by atoms with Crippen LogP contribution in [0.1, 0.15) is 74.9 Å². The Morgan fingerprint density at radius 2 is 0.645 bits per heavy atom. The fraction of sp³-hybridized carbons (Fsp3) is 0.148. The van der Waals surface area contributed by atoms with Gasteiger partial charge in [-0.05, 0) is 142 Å². The van der Waals surface area contributed by atoms with Crippen molar-refractivity contribution in [3.05, 3.63) is 221 Å². The normalized spacial score (nSPS) is 15.3. The summed E-state index contributed by atoms with van der Waals surface area (Å²) in [6.07, 6.45) is 0. The maximum absolute atomic E-state index is 2.51. The van der Waals surface area contributed by atoms with Gasteiger partial charge in [-0.25, -0.2) is 0 Å². The van der Waals surface area contributed by atoms with Crippen LogP contribution in [-0.2, 0) is 16.2 Å². The molecule has 12 rings (SSSR count). The van der Waals surface area contributed by atoms with Crippen LogP contribution in [0.3, 0.4) is 0 Å². The number of hydrogen-bond donors (Lipinski definition) is 0. The molecule has 0 unspecified atom stereocenters. The van der Waals surface area contributed by atoms with Crippen molar-refractivity contribution in [1.82, 2.24) is 0 Å². The Labute approximate surface area is 366 Å². The van der Waals surface area contributed by atoms with E-state index in [1.807, 2.05) is 0 Å². The molecule has 0 N–H and O–H groups in total. The predicted molar refractivity (Wildman–Crippen MR) is 262 cm³/mol. The summed E-state index contributed by atoms with van der Waals surface area (Å²) >= 11 is 0. The third kappa shape index (κ3) is 5.21. The van der Waals surface area contributed by atoms with Crippen LogP contribution < -0.4 is 4.90 Å². The van der Waals surface area contributed by atoms with Gasteiger partial charge in [0.2, 0.25) is 0 Å². The minimum Gasteiger partial charge on any atom is -0.310 e. The van der Waals surface area contributed by atoms with Gasteiger partial charge in [-0.15, -0.1) is 0 Å². The van der Waals surface area contributed by atoms with E-state index in [0.717, 1.165) is 0 Å². The average molecular weight is 796 g/mol. The maximum Gasteiger partial charge on any atom is 0.0465 e. The molecule has 1 heteroatoms. The largest absolute Gasteiger partial charge is 0.310 e. The first kappa shape index (κ1) is 36.9. The van der Waals surface area contributed by atoms with E-state index in [0.29, 0.717) is 0 Å². The highest BCUT2D eigenvalue weighted by atomic mass is 15.1. The molecular formula is C61H49N. The quantitative estimate of drug-likeness (QED) is 0.168. The number of anilines is 3. The summed E-state index contributed by atoms with van der Waals surface area (Å²) in [5.41, 5.74) is 24.4. The molecule has 9 aromatic rings. The van der Waals surface area contributed by atoms with E-state index in [2.05, 4.69) is 234 Å². The molecule has 0 aliphatic heterocycles. The Balaban J connectivity index is 0.956. The van der Waals surface area contributed by atoms with E-state index in [1.54, 1.807) is 0 Å². The molecule has 0 saturated heterocycles. The molecule has 0 radical (unpaired) electrons. The minimum atomic E-state index is -0.200. The summed E-state index contributed by atoms with van der Waals surface area (Å²) < 4.78 is 0. The van der Waals surface area contributed by atoms with Gasteiger partial charge in [0.15, 0.2) is 0 Å². The molecule has 62 heavy (non-hydrogen) atoms. The predicted octanol–water partition coefficient (Wildman–Crippen LogP) is 16.6. The van der Waals surface area contributed by atoms with Gasteiger partial charge in [-0.1, -0.05) is 187 Å². The summed E-state index contributed by atoms with van der Waals surface area (Å²) in [5, 5.41) is 2.55. The zero-order valence-corrected chi connectivity index (χ0v) is 36.3. The molecule has 0 heterocycles. The summed E-state index contributed by atoms with van der Waals surface area (Å²) in [7, 11) is 0. The Morgan fingerprint density at radius 1 is 0.274 bits per heavy atom. The van der Waals surface area contributed by atoms with Crippen LogP contribution >= 0.6 is 0 Å². The van der Waals surface area contributed by atoms with Crippen LogP contribution in [0.25, 0.3) is 66.4 Å². The Hall–Kier alpha value is -6.96. The number of benzene rings is 9. The smallest absolute Gasteiger partial charge is 0.0465 e. The zero-order chi connectivity index (χ0) is 42.1. The molecule has 3 aliphatic rings. The van der Waals surface area contributed by atoms with E-state index in [-0.39, 0.29) is 16.2 Å². The van der Waals surface area contributed by atoms with E-state index < -0.39 is 0 Å². The van der Waals surface area contributed by atoms with Crippen LogP contribution in [0.4, 0.5) is 17.1 Å². The number of rotatable bonds is 5. The summed E-state index contributed by atoms with van der Waals surface area (Å²) in [5.74, 6) is 0. The van der Waals surface area contributed by atoms with Crippen LogP contribution in [-0.4, -0.2) is 0 Å². The highest BCUT2D eigenvalue weighted by Gasteiger charge is 2.39. The van der Waals surface area contributed by atoms with Gasteiger partial charge < -0.3 is 4.90 Å². The second-order valence-electron chi connectivity index (χ2n) is 19.4. The third-order valence-corrected chi connectivity index (χ3v) is 14.9. The highest BCUT2D eigenvalue weighted by molar-refractivity contribution is 5.97. The molecule has 298 valence electrons. The van der Waals surface area contributed by atoms with Crippen molar-refractivity contribution in [3.63, 3.8) is 0 Å². The van der Waals surface area contributed by atoms with Crippen molar-refractivity contribution in [2.45, 2.75) is 57.8 Å². The minimum absolute atomic E-state index is 0.106. The molecule has 0 aromatic heterocycles. The lowest BCUT2D eigenvalue weighted by Gasteiger charge is -2.31. The van der Waals surface area contributed by atoms with Crippen LogP contribution in [0.5, 0.6) is 0 Å². The fourth-order valence-corrected chi connectivity index (χ4v) is 11.5. The van der Waals surface area contributed by atoms with E-state index in [4.69, 9.17) is 0 Å². The third-order valence-electron chi connectivity index (χ3n) is 14.9. The van der Waals surface area contributed by atoms with E-state index in [9.17, 15) is 0 Å². The number of hydrogen-bond acceptors (Lipinski definition) is 1. The maximum atomic E-state index is 2.51. The molecule has 1 nitrogen and oxygen atoms in total. The van der Waals surface area contributed by atoms with Crippen molar-refractivity contribution in [2.75, 3.05) is 4.90 Å². The Bertz CT molecular complexity index is 3210. The Kier molecular flexibility index (Phi) is 7.74. The molecule has 0 amide bonds. The lowest BCUT2D eigenvalue weighted by Crippen LogP contribution is -2.19. The molecule has 3 aliphatic carbocycles. The highest BCUT2D eigenvalue weighted by Crippen LogP contribution is 2.55. The summed E-state index contributed by atoms with van der Waals surface area (Å²) in [6.45, 7) is 14.3. The second-order valence-corrected chi connectivity index (χ2v) is 19.4. The first-order valence-corrected chi connectivity index (χ1v) is 22.2. The molecule has 0 atom stereocenters. The molecular weight excluding hydrogens is 747 g/mol. The number of nitrogens with zero attached hydrogens (tertiary/aromatic N) is 1. The lowest BCUT2D eigenvalue weighted by atomic mass is 9.81. The zero-order valence-electron chi connectivity index (χ0n) is 36.3. The average Bonchev–Trinajstić information content (AvgIpc) is 3.78. The Morgan fingerprint density at radius 3 is 1.19 bits per heavy atom. The summed E-state index contributed by atoms with van der Waals surface area (Å²) in [4.78, 5) is 2.51. The van der Waals surface area contributed by atoms with Gasteiger partial charge >= 0.3 is 0 Å². The van der Waals surface area contributed by atoms with Gasteiger partial charge in [0.25, 0.3) is 0 Å². The molecule has 9 aromatic carbocycles. The SMILES string of the molecule is CC1(C)c2ccccc2-c2ccc(N(c3ccc4c(c3)C(C)(C)c3ccccc3-4)c3ccc4c(c3)C(C)(C)c3cc(-c5ccc(-c6cccc7ccccc67)cc5)ccc3-4)cc21. The first-order chi connectivity index (χ1) is 30.0. The standard InChI is InChI=1S/C61H49N/c1-59(2)53-20-11-9-17-47(53)50-31-27-42(35-56(50)59)62(43-28-32-51-48-18-10-12-21-54(48)60(3,4)57(51)36-43)44-29-33-52-49-30-26-41(34-55(49)61(5,6)58(52)37-44)38-22-24-40(25-23-38)46-19-13-15-39-14-7-8-16-45(39)46/h7-37H,1-6H3. The lowest BCUT2D eigenvalue weighted by molar-refractivity contribution is 0.659. The fourth-order valence-electron chi connectivity index (χ4n) is 11.5. The van der Waals surface area contributed by atoms with E-state index >= 15 is 0 Å². The molecule has 0 fully saturated rings. The van der Waals surface area contributed by atoms with Crippen molar-refractivity contribution in [1.29, 1.82) is 0 Å². The second kappa shape index (κ2) is 13.0. The van der Waals surface area contributed by atoms with Crippen molar-refractivity contribution in [3.8, 4) is 55.6 Å². The monoisotopic (exact) mass is 795 g/mol. The van der Waals surface area contributed by atoms with Crippen LogP contribution in [0, 0.1) is 0 Å². The van der Waals surface area contributed by atoms with Crippen LogP contribution in [0.2, 0.25) is 0 Å². The van der Waals surface area contributed by atoms with Gasteiger partial charge in [0.05, 0.1) is 0 Å². The molecule has 0 spiro atoms. The van der Waals surface area contributed by atoms with Crippen molar-refractivity contribution >= 4 is 27.8 Å². The van der Waals surface area contributed by atoms with Gasteiger partial charge in [-0.2, -0.15) is 0 Å². The van der Waals surface area contributed by atoms with Gasteiger partial charge in [-0.3, -0.25) is 0 Å². The molecule has 0 bridgehead atoms. The van der Waals surface area contributed by atoms with Gasteiger partial charge in [0.1, 0.15) is 0 Å². The number of fused-ring (bicyclic) bond motifs is 10. The van der Waals surface area contributed by atoms with Crippen LogP contribution in [0.15, 0.2) is 188 Å². The first-order valence-electron chi connectivity index (χ1n) is 22.2. The van der Waals surface area contributed by atoms with Crippen molar-refractivity contribution < 1.29 is 0 Å². The summed E-state index contributed by atoms with van der Waals surface area (Å²) in [6, 6.07) is 70.9. The van der Waals surface area contributed by atoms with Gasteiger partial charge in [0, 0.05) is 33.3 Å². The van der Waals surface area contributed by atoms with E-state index in [1.165, 1.54) is 117 Å². The molecule has 0 saturated carbocycles. The topological polar surface area (TPSA) is 3.24 Å². The van der Waals surface area contributed by atoms with Crippen molar-refractivity contribution in [2.24, 2.45) is 0 Å².